The van der Waals surface area contributed by atoms with E-state index in [-0.39, 0.29) is 0 Å². The van der Waals surface area contributed by atoms with Crippen LogP contribution in [0.4, 0.5) is 0 Å². The molecule has 0 amide bonds. The maximum absolute atomic E-state index is 6.01. The molecular weight excluding hydrogens is 446 g/mol. The molecule has 5 heteroatoms. The van der Waals surface area contributed by atoms with Crippen LogP contribution in [0.25, 0.3) is 67.4 Å². The van der Waals surface area contributed by atoms with Gasteiger partial charge < -0.3 is 8.83 Å². The molecule has 0 aliphatic rings. The monoisotopic (exact) mass is 465 g/mol. The number of furan rings is 2. The lowest BCUT2D eigenvalue weighted by molar-refractivity contribution is 0.629. The molecule has 0 aliphatic carbocycles. The topological polar surface area (TPSA) is 65.0 Å². The maximum Gasteiger partial charge on any atom is 0.153 e. The minimum absolute atomic E-state index is 0.745. The zero-order valence-corrected chi connectivity index (χ0v) is 19.1. The molecule has 5 aromatic heterocycles. The van der Waals surface area contributed by atoms with Crippen molar-refractivity contribution in [1.29, 1.82) is 0 Å². The average Bonchev–Trinajstić information content (AvgIpc) is 3.58. The van der Waals surface area contributed by atoms with E-state index >= 15 is 0 Å². The first-order chi connectivity index (χ1) is 17.8. The van der Waals surface area contributed by atoms with E-state index in [0.717, 1.165) is 67.4 Å². The first-order valence-corrected chi connectivity index (χ1v) is 11.7. The summed E-state index contributed by atoms with van der Waals surface area (Å²) in [6, 6.07) is 34.1. The van der Waals surface area contributed by atoms with Crippen LogP contribution in [0.2, 0.25) is 0 Å². The molecule has 5 heterocycles. The van der Waals surface area contributed by atoms with E-state index in [9.17, 15) is 0 Å². The summed E-state index contributed by atoms with van der Waals surface area (Å²) in [4.78, 5) is 14.1. The Morgan fingerprint density at radius 1 is 0.444 bits per heavy atom. The number of hydrogen-bond donors (Lipinski definition) is 0. The molecule has 0 saturated heterocycles. The van der Waals surface area contributed by atoms with Crippen molar-refractivity contribution >= 4 is 21.9 Å². The lowest BCUT2D eigenvalue weighted by Gasteiger charge is -2.04. The van der Waals surface area contributed by atoms with E-state index in [0.29, 0.717) is 0 Å². The van der Waals surface area contributed by atoms with Crippen LogP contribution in [0.5, 0.6) is 0 Å². The molecule has 7 rings (SSSR count). The van der Waals surface area contributed by atoms with E-state index in [2.05, 4.69) is 9.97 Å². The Morgan fingerprint density at radius 2 is 0.917 bits per heavy atom. The molecular formula is C31H19N3O2. The third-order valence-electron chi connectivity index (χ3n) is 6.20. The molecule has 7 aromatic rings. The molecule has 0 fully saturated rings. The summed E-state index contributed by atoms with van der Waals surface area (Å²) < 4.78 is 12.0. The Kier molecular flexibility index (Phi) is 4.71. The molecule has 0 atom stereocenters. The maximum atomic E-state index is 6.01. The number of fused-ring (bicyclic) bond motifs is 2. The number of benzene rings is 2. The van der Waals surface area contributed by atoms with Crippen LogP contribution in [-0.2, 0) is 0 Å². The van der Waals surface area contributed by atoms with Gasteiger partial charge in [0.25, 0.3) is 0 Å². The van der Waals surface area contributed by atoms with Crippen LogP contribution in [0.3, 0.4) is 0 Å². The van der Waals surface area contributed by atoms with Gasteiger partial charge >= 0.3 is 0 Å². The quantitative estimate of drug-likeness (QED) is 0.263. The van der Waals surface area contributed by atoms with Gasteiger partial charge in [-0.15, -0.1) is 0 Å². The average molecular weight is 466 g/mol. The fraction of sp³-hybridized carbons (Fsp3) is 0. The Labute approximate surface area is 206 Å². The molecule has 0 saturated carbocycles. The van der Waals surface area contributed by atoms with E-state index in [4.69, 9.17) is 13.8 Å². The van der Waals surface area contributed by atoms with Crippen LogP contribution in [-0.4, -0.2) is 15.0 Å². The summed E-state index contributed by atoms with van der Waals surface area (Å²) in [6.45, 7) is 0. The predicted octanol–water partition coefficient (Wildman–Crippen LogP) is 8.03. The molecule has 2 aromatic carbocycles. The van der Waals surface area contributed by atoms with E-state index < -0.39 is 0 Å². The van der Waals surface area contributed by atoms with Crippen molar-refractivity contribution in [3.63, 3.8) is 0 Å². The normalized spacial score (nSPS) is 11.3. The van der Waals surface area contributed by atoms with Gasteiger partial charge in [-0.05, 0) is 36.4 Å². The molecule has 0 spiro atoms. The smallest absolute Gasteiger partial charge is 0.153 e. The number of hydrogen-bond acceptors (Lipinski definition) is 5. The van der Waals surface area contributed by atoms with Gasteiger partial charge in [0.15, 0.2) is 11.2 Å². The number of aromatic nitrogens is 3. The van der Waals surface area contributed by atoms with Gasteiger partial charge in [-0.3, -0.25) is 9.97 Å². The minimum Gasteiger partial charge on any atom is -0.454 e. The van der Waals surface area contributed by atoms with Crippen molar-refractivity contribution in [3.05, 3.63) is 116 Å². The lowest BCUT2D eigenvalue weighted by Crippen LogP contribution is -1.91. The van der Waals surface area contributed by atoms with Crippen LogP contribution < -0.4 is 0 Å². The summed E-state index contributed by atoms with van der Waals surface area (Å²) in [5, 5.41) is 1.97. The van der Waals surface area contributed by atoms with Gasteiger partial charge in [0.05, 0.1) is 35.2 Å². The van der Waals surface area contributed by atoms with Crippen LogP contribution >= 0.6 is 0 Å². The van der Waals surface area contributed by atoms with E-state index in [1.165, 1.54) is 0 Å². The summed E-state index contributed by atoms with van der Waals surface area (Å²) in [5.41, 5.74) is 6.66. The van der Waals surface area contributed by atoms with Gasteiger partial charge in [0.1, 0.15) is 11.5 Å². The van der Waals surface area contributed by atoms with Crippen molar-refractivity contribution in [1.82, 2.24) is 15.0 Å². The van der Waals surface area contributed by atoms with Crippen LogP contribution in [0.1, 0.15) is 0 Å². The van der Waals surface area contributed by atoms with Crippen LogP contribution in [0.15, 0.2) is 124 Å². The van der Waals surface area contributed by atoms with Gasteiger partial charge in [0, 0.05) is 21.9 Å². The van der Waals surface area contributed by atoms with E-state index in [1.54, 1.807) is 12.4 Å². The SMILES string of the molecule is c1ccc(-c2cc3cc(-c4cccc(-c5cc6cc(-c7ccccc7)oc6cn5)n4)ncc3o2)cc1. The van der Waals surface area contributed by atoms with Crippen molar-refractivity contribution in [3.8, 4) is 45.4 Å². The number of pyridine rings is 3. The van der Waals surface area contributed by atoms with Crippen molar-refractivity contribution < 1.29 is 8.83 Å². The molecule has 36 heavy (non-hydrogen) atoms. The first-order valence-electron chi connectivity index (χ1n) is 11.7. The molecule has 0 aliphatic heterocycles. The Balaban J connectivity index is 1.24. The Hall–Kier alpha value is -5.03. The second kappa shape index (κ2) is 8.32. The first kappa shape index (κ1) is 20.4. The third-order valence-corrected chi connectivity index (χ3v) is 6.20. The summed E-state index contributed by atoms with van der Waals surface area (Å²) in [7, 11) is 0. The number of rotatable bonds is 4. The van der Waals surface area contributed by atoms with Gasteiger partial charge in [-0.1, -0.05) is 66.7 Å². The Morgan fingerprint density at radius 3 is 1.39 bits per heavy atom. The minimum atomic E-state index is 0.745. The largest absolute Gasteiger partial charge is 0.454 e. The summed E-state index contributed by atoms with van der Waals surface area (Å²) in [6.07, 6.45) is 3.51. The zero-order valence-electron chi connectivity index (χ0n) is 19.1. The highest BCUT2D eigenvalue weighted by atomic mass is 16.3. The van der Waals surface area contributed by atoms with Gasteiger partial charge in [-0.2, -0.15) is 0 Å². The number of nitrogens with zero attached hydrogens (tertiary/aromatic N) is 3. The Bertz CT molecular complexity index is 1700. The van der Waals surface area contributed by atoms with E-state index in [1.807, 2.05) is 103 Å². The van der Waals surface area contributed by atoms with Gasteiger partial charge in [-0.25, -0.2) is 4.98 Å². The van der Waals surface area contributed by atoms with Crippen molar-refractivity contribution in [2.24, 2.45) is 0 Å². The second-order valence-electron chi connectivity index (χ2n) is 8.58. The standard InChI is InChI=1S/C31H19N3O2/c1-3-8-20(9-4-1)28-16-22-14-26(32-18-30(22)35-28)24-12-7-13-25(34-24)27-15-23-17-29(36-31(23)19-33-27)21-10-5-2-6-11-21/h1-19H. The highest BCUT2D eigenvalue weighted by molar-refractivity contribution is 5.86. The molecule has 0 unspecified atom stereocenters. The molecule has 170 valence electrons. The van der Waals surface area contributed by atoms with Gasteiger partial charge in [0.2, 0.25) is 0 Å². The highest BCUT2D eigenvalue weighted by Gasteiger charge is 2.12. The summed E-state index contributed by atoms with van der Waals surface area (Å²) in [5.74, 6) is 1.64. The lowest BCUT2D eigenvalue weighted by atomic mass is 10.1. The third kappa shape index (κ3) is 3.63. The molecule has 0 radical (unpaired) electrons. The predicted molar refractivity (Wildman–Crippen MR) is 141 cm³/mol. The molecule has 0 bridgehead atoms. The zero-order chi connectivity index (χ0) is 23.9. The van der Waals surface area contributed by atoms with Crippen LogP contribution in [0, 0.1) is 0 Å². The summed E-state index contributed by atoms with van der Waals surface area (Å²) >= 11 is 0. The van der Waals surface area contributed by atoms with Crippen molar-refractivity contribution in [2.45, 2.75) is 0 Å². The molecule has 5 nitrogen and oxygen atoms in total. The second-order valence-corrected chi connectivity index (χ2v) is 8.58. The van der Waals surface area contributed by atoms with Crippen molar-refractivity contribution in [2.75, 3.05) is 0 Å². The fourth-order valence-electron chi connectivity index (χ4n) is 4.38. The highest BCUT2D eigenvalue weighted by Crippen LogP contribution is 2.32. The molecule has 0 N–H and O–H groups in total. The fourth-order valence-corrected chi connectivity index (χ4v) is 4.38.